The molecule has 1 N–H and O–H groups in total. The number of hydrogen-bond acceptors (Lipinski definition) is 2. The summed E-state index contributed by atoms with van der Waals surface area (Å²) in [5.41, 5.74) is 1.25. The Morgan fingerprint density at radius 3 is 2.95 bits per heavy atom. The van der Waals surface area contributed by atoms with E-state index in [4.69, 9.17) is 11.6 Å². The fraction of sp³-hybridized carbons (Fsp3) is 0.600. The summed E-state index contributed by atoms with van der Waals surface area (Å²) in [6, 6.07) is 7.61. The molecule has 19 heavy (non-hydrogen) atoms. The predicted molar refractivity (Wildman–Crippen MR) is 83.6 cm³/mol. The molecule has 1 aromatic carbocycles. The van der Waals surface area contributed by atoms with Gasteiger partial charge in [-0.2, -0.15) is 0 Å². The Hall–Kier alpha value is -0.0900. The maximum absolute atomic E-state index is 6.34. The summed E-state index contributed by atoms with van der Waals surface area (Å²) in [5, 5.41) is 4.53. The van der Waals surface area contributed by atoms with Crippen LogP contribution >= 0.6 is 27.5 Å². The Morgan fingerprint density at radius 2 is 2.21 bits per heavy atom. The minimum Gasteiger partial charge on any atom is -0.312 e. The second-order valence-electron chi connectivity index (χ2n) is 5.62. The summed E-state index contributed by atoms with van der Waals surface area (Å²) < 4.78 is 1.05. The zero-order chi connectivity index (χ0) is 13.2. The van der Waals surface area contributed by atoms with Crippen LogP contribution in [-0.2, 0) is 6.54 Å². The van der Waals surface area contributed by atoms with Crippen molar-refractivity contribution in [1.29, 1.82) is 0 Å². The summed E-state index contributed by atoms with van der Waals surface area (Å²) in [6.07, 6.45) is 5.30. The van der Waals surface area contributed by atoms with E-state index in [9.17, 15) is 0 Å². The van der Waals surface area contributed by atoms with Gasteiger partial charge < -0.3 is 5.32 Å². The number of benzene rings is 1. The fourth-order valence-electron chi connectivity index (χ4n) is 3.41. The molecule has 2 aliphatic rings. The smallest absolute Gasteiger partial charge is 0.0462 e. The van der Waals surface area contributed by atoms with E-state index in [0.29, 0.717) is 12.1 Å². The van der Waals surface area contributed by atoms with Gasteiger partial charge in [-0.1, -0.05) is 33.6 Å². The predicted octanol–water partition coefficient (Wildman–Crippen LogP) is 3.82. The van der Waals surface area contributed by atoms with Gasteiger partial charge in [-0.15, -0.1) is 0 Å². The van der Waals surface area contributed by atoms with Crippen LogP contribution in [0, 0.1) is 0 Å². The molecule has 0 spiro atoms. The molecule has 0 radical (unpaired) electrons. The zero-order valence-corrected chi connectivity index (χ0v) is 13.4. The fourth-order valence-corrected chi connectivity index (χ4v) is 4.15. The van der Waals surface area contributed by atoms with Gasteiger partial charge >= 0.3 is 0 Å². The molecular formula is C15H20BrClN2. The highest BCUT2D eigenvalue weighted by molar-refractivity contribution is 9.10. The van der Waals surface area contributed by atoms with E-state index in [0.717, 1.165) is 16.0 Å². The Labute approximate surface area is 128 Å². The molecule has 0 amide bonds. The molecule has 2 unspecified atom stereocenters. The minimum absolute atomic E-state index is 0.691. The highest BCUT2D eigenvalue weighted by atomic mass is 79.9. The molecule has 0 saturated carbocycles. The number of likely N-dealkylation sites (tertiary alicyclic amines) is 1. The van der Waals surface area contributed by atoms with E-state index in [-0.39, 0.29) is 0 Å². The molecule has 2 atom stereocenters. The van der Waals surface area contributed by atoms with E-state index in [1.165, 1.54) is 44.3 Å². The maximum atomic E-state index is 6.34. The van der Waals surface area contributed by atoms with E-state index < -0.39 is 0 Å². The van der Waals surface area contributed by atoms with Crippen molar-refractivity contribution < 1.29 is 0 Å². The lowest BCUT2D eigenvalue weighted by atomic mass is 10.0. The van der Waals surface area contributed by atoms with Crippen LogP contribution < -0.4 is 5.32 Å². The van der Waals surface area contributed by atoms with Gasteiger partial charge in [0.15, 0.2) is 0 Å². The molecule has 0 bridgehead atoms. The van der Waals surface area contributed by atoms with Crippen LogP contribution in [0.4, 0.5) is 0 Å². The van der Waals surface area contributed by atoms with Crippen LogP contribution in [0.1, 0.15) is 31.2 Å². The molecule has 3 rings (SSSR count). The number of halogens is 2. The van der Waals surface area contributed by atoms with Gasteiger partial charge in [0.1, 0.15) is 0 Å². The molecule has 4 heteroatoms. The van der Waals surface area contributed by atoms with Crippen molar-refractivity contribution in [2.24, 2.45) is 0 Å². The van der Waals surface area contributed by atoms with Crippen molar-refractivity contribution in [1.82, 2.24) is 10.2 Å². The SMILES string of the molecule is Clc1cc(Br)ccc1CN1CCCC1C1CCCN1. The summed E-state index contributed by atoms with van der Waals surface area (Å²) in [4.78, 5) is 2.61. The molecule has 2 nitrogen and oxygen atoms in total. The van der Waals surface area contributed by atoms with E-state index in [1.54, 1.807) is 0 Å². The summed E-state index contributed by atoms with van der Waals surface area (Å²) in [5.74, 6) is 0. The highest BCUT2D eigenvalue weighted by Gasteiger charge is 2.33. The molecule has 2 heterocycles. The molecular weight excluding hydrogens is 324 g/mol. The molecule has 2 aliphatic heterocycles. The summed E-state index contributed by atoms with van der Waals surface area (Å²) >= 11 is 9.81. The van der Waals surface area contributed by atoms with Gasteiger partial charge in [-0.25, -0.2) is 0 Å². The van der Waals surface area contributed by atoms with Crippen LogP contribution in [0.2, 0.25) is 5.02 Å². The molecule has 2 saturated heterocycles. The number of nitrogens with one attached hydrogen (secondary N) is 1. The van der Waals surface area contributed by atoms with Gasteiger partial charge in [0.25, 0.3) is 0 Å². The Kier molecular flexibility index (Phi) is 4.47. The van der Waals surface area contributed by atoms with Crippen LogP contribution in [-0.4, -0.2) is 30.1 Å². The lowest BCUT2D eigenvalue weighted by Crippen LogP contribution is -2.43. The first kappa shape index (κ1) is 13.9. The standard InChI is InChI=1S/C15H20BrClN2/c16-12-6-5-11(13(17)9-12)10-19-8-2-4-15(19)14-3-1-7-18-14/h5-6,9,14-15,18H,1-4,7-8,10H2. The third kappa shape index (κ3) is 3.15. The average molecular weight is 344 g/mol. The van der Waals surface area contributed by atoms with Crippen LogP contribution in [0.25, 0.3) is 0 Å². The first-order valence-electron chi connectivity index (χ1n) is 7.15. The summed E-state index contributed by atoms with van der Waals surface area (Å²) in [7, 11) is 0. The van der Waals surface area contributed by atoms with Crippen molar-refractivity contribution in [2.45, 2.75) is 44.3 Å². The van der Waals surface area contributed by atoms with Crippen molar-refractivity contribution in [2.75, 3.05) is 13.1 Å². The molecule has 0 aliphatic carbocycles. The Morgan fingerprint density at radius 1 is 1.32 bits per heavy atom. The van der Waals surface area contributed by atoms with Crippen molar-refractivity contribution in [3.8, 4) is 0 Å². The average Bonchev–Trinajstić information content (AvgIpc) is 3.03. The van der Waals surface area contributed by atoms with Crippen LogP contribution in [0.3, 0.4) is 0 Å². The minimum atomic E-state index is 0.691. The van der Waals surface area contributed by atoms with Crippen molar-refractivity contribution in [3.63, 3.8) is 0 Å². The van der Waals surface area contributed by atoms with Crippen molar-refractivity contribution >= 4 is 27.5 Å². The third-order valence-corrected chi connectivity index (χ3v) is 5.21. The van der Waals surface area contributed by atoms with Crippen LogP contribution in [0.15, 0.2) is 22.7 Å². The summed E-state index contributed by atoms with van der Waals surface area (Å²) in [6.45, 7) is 3.37. The first-order valence-corrected chi connectivity index (χ1v) is 8.32. The number of nitrogens with zero attached hydrogens (tertiary/aromatic N) is 1. The molecule has 1 aromatic rings. The molecule has 2 fully saturated rings. The molecule has 0 aromatic heterocycles. The lowest BCUT2D eigenvalue weighted by Gasteiger charge is -2.29. The number of rotatable bonds is 3. The molecule has 104 valence electrons. The van der Waals surface area contributed by atoms with Gasteiger partial charge in [0, 0.05) is 28.1 Å². The monoisotopic (exact) mass is 342 g/mol. The van der Waals surface area contributed by atoms with Crippen LogP contribution in [0.5, 0.6) is 0 Å². The second kappa shape index (κ2) is 6.13. The lowest BCUT2D eigenvalue weighted by molar-refractivity contribution is 0.206. The quantitative estimate of drug-likeness (QED) is 0.897. The Balaban J connectivity index is 1.70. The van der Waals surface area contributed by atoms with Crippen molar-refractivity contribution in [3.05, 3.63) is 33.3 Å². The van der Waals surface area contributed by atoms with Gasteiger partial charge in [-0.3, -0.25) is 4.90 Å². The second-order valence-corrected chi connectivity index (χ2v) is 6.94. The topological polar surface area (TPSA) is 15.3 Å². The van der Waals surface area contributed by atoms with E-state index in [1.807, 2.05) is 6.07 Å². The van der Waals surface area contributed by atoms with E-state index in [2.05, 4.69) is 38.3 Å². The van der Waals surface area contributed by atoms with Gasteiger partial charge in [0.05, 0.1) is 0 Å². The Bertz CT molecular complexity index is 446. The van der Waals surface area contributed by atoms with Gasteiger partial charge in [0.2, 0.25) is 0 Å². The highest BCUT2D eigenvalue weighted by Crippen LogP contribution is 2.29. The normalized spacial score (nSPS) is 28.1. The zero-order valence-electron chi connectivity index (χ0n) is 11.0. The first-order chi connectivity index (χ1) is 9.24. The number of hydrogen-bond donors (Lipinski definition) is 1. The van der Waals surface area contributed by atoms with E-state index >= 15 is 0 Å². The van der Waals surface area contributed by atoms with Gasteiger partial charge in [-0.05, 0) is 56.5 Å². The third-order valence-electron chi connectivity index (χ3n) is 4.37. The maximum Gasteiger partial charge on any atom is 0.0462 e. The largest absolute Gasteiger partial charge is 0.312 e.